The molecule has 1 N–H and O–H groups in total. The molecule has 1 aromatic heterocycles. The maximum absolute atomic E-state index is 12.6. The Morgan fingerprint density at radius 1 is 0.971 bits per heavy atom. The molecule has 1 heterocycles. The van der Waals surface area contributed by atoms with E-state index in [-0.39, 0.29) is 5.91 Å². The Morgan fingerprint density at radius 3 is 2.53 bits per heavy atom. The third-order valence-electron chi connectivity index (χ3n) is 5.67. The van der Waals surface area contributed by atoms with E-state index < -0.39 is 0 Å². The Bertz CT molecular complexity index is 1270. The lowest BCUT2D eigenvalue weighted by atomic mass is 10.0. The van der Waals surface area contributed by atoms with Crippen molar-refractivity contribution in [3.05, 3.63) is 95.7 Å². The van der Waals surface area contributed by atoms with E-state index in [1.54, 1.807) is 14.2 Å². The van der Waals surface area contributed by atoms with Crippen molar-refractivity contribution >= 4 is 5.91 Å². The highest BCUT2D eigenvalue weighted by atomic mass is 16.5. The van der Waals surface area contributed by atoms with Gasteiger partial charge in [-0.05, 0) is 54.8 Å². The number of para-hydroxylation sites is 1. The molecule has 1 amide bonds. The Hall–Kier alpha value is -4.06. The van der Waals surface area contributed by atoms with Crippen LogP contribution in [0.2, 0.25) is 0 Å². The molecular formula is C28H29N3O3. The fraction of sp³-hybridized carbons (Fsp3) is 0.214. The quantitative estimate of drug-likeness (QED) is 0.381. The van der Waals surface area contributed by atoms with Gasteiger partial charge in [-0.15, -0.1) is 0 Å². The van der Waals surface area contributed by atoms with Crippen molar-refractivity contribution < 1.29 is 14.3 Å². The van der Waals surface area contributed by atoms with E-state index >= 15 is 0 Å². The first-order valence-corrected chi connectivity index (χ1v) is 11.3. The van der Waals surface area contributed by atoms with E-state index in [0.29, 0.717) is 30.9 Å². The standard InChI is InChI=1S/C28H29N3O3/c1-20-8-7-9-21(16-20)18-29-27(32)15-12-22-19-31(23-10-5-4-6-11-23)30-28(22)25-17-24(33-2)13-14-26(25)34-3/h4-11,13-14,16-17,19H,12,15,18H2,1-3H3,(H,29,32). The van der Waals surface area contributed by atoms with Crippen molar-refractivity contribution in [2.45, 2.75) is 26.3 Å². The van der Waals surface area contributed by atoms with Gasteiger partial charge < -0.3 is 14.8 Å². The zero-order valence-corrected chi connectivity index (χ0v) is 19.7. The number of carbonyl (C=O) groups is 1. The number of hydrogen-bond donors (Lipinski definition) is 1. The molecule has 4 rings (SSSR count). The summed E-state index contributed by atoms with van der Waals surface area (Å²) in [5, 5.41) is 7.89. The molecule has 0 bridgehead atoms. The van der Waals surface area contributed by atoms with Crippen molar-refractivity contribution in [1.29, 1.82) is 0 Å². The summed E-state index contributed by atoms with van der Waals surface area (Å²) in [5.74, 6) is 1.41. The number of nitrogens with one attached hydrogen (secondary N) is 1. The summed E-state index contributed by atoms with van der Waals surface area (Å²) in [7, 11) is 3.27. The molecule has 0 spiro atoms. The molecule has 0 aliphatic rings. The molecule has 174 valence electrons. The lowest BCUT2D eigenvalue weighted by Crippen LogP contribution is -2.23. The number of methoxy groups -OCH3 is 2. The predicted octanol–water partition coefficient (Wildman–Crippen LogP) is 5.11. The summed E-state index contributed by atoms with van der Waals surface area (Å²) >= 11 is 0. The third-order valence-corrected chi connectivity index (χ3v) is 5.67. The minimum Gasteiger partial charge on any atom is -0.497 e. The maximum atomic E-state index is 12.6. The van der Waals surface area contributed by atoms with Crippen LogP contribution < -0.4 is 14.8 Å². The van der Waals surface area contributed by atoms with Gasteiger partial charge in [0.15, 0.2) is 0 Å². The van der Waals surface area contributed by atoms with E-state index in [0.717, 1.165) is 28.1 Å². The zero-order chi connectivity index (χ0) is 23.9. The van der Waals surface area contributed by atoms with Gasteiger partial charge in [-0.2, -0.15) is 5.10 Å². The topological polar surface area (TPSA) is 65.4 Å². The molecule has 6 nitrogen and oxygen atoms in total. The molecule has 0 fully saturated rings. The largest absolute Gasteiger partial charge is 0.497 e. The first-order valence-electron chi connectivity index (χ1n) is 11.3. The smallest absolute Gasteiger partial charge is 0.220 e. The minimum atomic E-state index is -0.00229. The van der Waals surface area contributed by atoms with Crippen molar-refractivity contribution in [3.8, 4) is 28.4 Å². The SMILES string of the molecule is COc1ccc(OC)c(-c2nn(-c3ccccc3)cc2CCC(=O)NCc2cccc(C)c2)c1. The lowest BCUT2D eigenvalue weighted by molar-refractivity contribution is -0.121. The molecule has 3 aromatic carbocycles. The Morgan fingerprint density at radius 2 is 1.79 bits per heavy atom. The molecule has 6 heteroatoms. The summed E-state index contributed by atoms with van der Waals surface area (Å²) in [6.45, 7) is 2.56. The van der Waals surface area contributed by atoms with Crippen molar-refractivity contribution in [2.75, 3.05) is 14.2 Å². The summed E-state index contributed by atoms with van der Waals surface area (Å²) in [5.41, 5.74) is 5.77. The fourth-order valence-electron chi connectivity index (χ4n) is 3.89. The zero-order valence-electron chi connectivity index (χ0n) is 19.7. The summed E-state index contributed by atoms with van der Waals surface area (Å²) < 4.78 is 12.9. The van der Waals surface area contributed by atoms with Crippen molar-refractivity contribution in [2.24, 2.45) is 0 Å². The van der Waals surface area contributed by atoms with Gasteiger partial charge in [-0.25, -0.2) is 4.68 Å². The van der Waals surface area contributed by atoms with Gasteiger partial charge >= 0.3 is 0 Å². The molecular weight excluding hydrogens is 426 g/mol. The normalized spacial score (nSPS) is 10.7. The Balaban J connectivity index is 1.58. The molecule has 4 aromatic rings. The first-order chi connectivity index (χ1) is 16.6. The highest BCUT2D eigenvalue weighted by molar-refractivity contribution is 5.77. The van der Waals surface area contributed by atoms with Crippen LogP contribution in [-0.4, -0.2) is 29.9 Å². The molecule has 0 unspecified atom stereocenters. The lowest BCUT2D eigenvalue weighted by Gasteiger charge is -2.10. The van der Waals surface area contributed by atoms with Crippen LogP contribution in [0, 0.1) is 6.92 Å². The van der Waals surface area contributed by atoms with Gasteiger partial charge in [0.25, 0.3) is 0 Å². The van der Waals surface area contributed by atoms with Gasteiger partial charge in [0, 0.05) is 24.7 Å². The number of carbonyl (C=O) groups excluding carboxylic acids is 1. The molecule has 0 saturated heterocycles. The van der Waals surface area contributed by atoms with Gasteiger partial charge in [0.2, 0.25) is 5.91 Å². The molecule has 0 atom stereocenters. The second-order valence-electron chi connectivity index (χ2n) is 8.12. The maximum Gasteiger partial charge on any atom is 0.220 e. The molecule has 0 radical (unpaired) electrons. The number of aromatic nitrogens is 2. The summed E-state index contributed by atoms with van der Waals surface area (Å²) in [4.78, 5) is 12.6. The van der Waals surface area contributed by atoms with Crippen LogP contribution in [0.1, 0.15) is 23.1 Å². The Labute approximate surface area is 200 Å². The number of aryl methyl sites for hydroxylation is 2. The number of nitrogens with zero attached hydrogens (tertiary/aromatic N) is 2. The van der Waals surface area contributed by atoms with Crippen molar-refractivity contribution in [1.82, 2.24) is 15.1 Å². The summed E-state index contributed by atoms with van der Waals surface area (Å²) in [6, 6.07) is 23.7. The first kappa shape index (κ1) is 23.1. The fourth-order valence-corrected chi connectivity index (χ4v) is 3.89. The van der Waals surface area contributed by atoms with Gasteiger partial charge in [0.05, 0.1) is 25.6 Å². The van der Waals surface area contributed by atoms with Crippen LogP contribution in [0.25, 0.3) is 16.9 Å². The summed E-state index contributed by atoms with van der Waals surface area (Å²) in [6.07, 6.45) is 2.88. The van der Waals surface area contributed by atoms with E-state index in [1.165, 1.54) is 5.56 Å². The van der Waals surface area contributed by atoms with Gasteiger partial charge in [-0.3, -0.25) is 4.79 Å². The number of rotatable bonds is 9. The molecule has 0 saturated carbocycles. The van der Waals surface area contributed by atoms with Gasteiger partial charge in [0.1, 0.15) is 11.5 Å². The van der Waals surface area contributed by atoms with Crippen LogP contribution >= 0.6 is 0 Å². The second kappa shape index (κ2) is 10.7. The van der Waals surface area contributed by atoms with E-state index in [1.807, 2.05) is 84.5 Å². The second-order valence-corrected chi connectivity index (χ2v) is 8.12. The highest BCUT2D eigenvalue weighted by Crippen LogP contribution is 2.35. The van der Waals surface area contributed by atoms with Crippen LogP contribution in [0.4, 0.5) is 0 Å². The van der Waals surface area contributed by atoms with Gasteiger partial charge in [-0.1, -0.05) is 48.0 Å². The van der Waals surface area contributed by atoms with E-state index in [2.05, 4.69) is 11.4 Å². The average molecular weight is 456 g/mol. The minimum absolute atomic E-state index is 0.00229. The molecule has 34 heavy (non-hydrogen) atoms. The Kier molecular flexibility index (Phi) is 7.28. The van der Waals surface area contributed by atoms with Crippen LogP contribution in [-0.2, 0) is 17.8 Å². The number of amides is 1. The highest BCUT2D eigenvalue weighted by Gasteiger charge is 2.18. The molecule has 0 aliphatic carbocycles. The van der Waals surface area contributed by atoms with Crippen LogP contribution in [0.15, 0.2) is 79.0 Å². The monoisotopic (exact) mass is 455 g/mol. The third kappa shape index (κ3) is 5.46. The predicted molar refractivity (Wildman–Crippen MR) is 133 cm³/mol. The van der Waals surface area contributed by atoms with Crippen LogP contribution in [0.3, 0.4) is 0 Å². The average Bonchev–Trinajstić information content (AvgIpc) is 3.30. The number of hydrogen-bond acceptors (Lipinski definition) is 4. The number of benzene rings is 3. The van der Waals surface area contributed by atoms with E-state index in [4.69, 9.17) is 14.6 Å². The van der Waals surface area contributed by atoms with Crippen molar-refractivity contribution in [3.63, 3.8) is 0 Å². The van der Waals surface area contributed by atoms with E-state index in [9.17, 15) is 4.79 Å². The molecule has 0 aliphatic heterocycles. The number of ether oxygens (including phenoxy) is 2. The van der Waals surface area contributed by atoms with Crippen LogP contribution in [0.5, 0.6) is 11.5 Å².